The quantitative estimate of drug-likeness (QED) is 0.675. The molecule has 7 heteroatoms. The number of aromatic nitrogens is 3. The van der Waals surface area contributed by atoms with E-state index in [1.54, 1.807) is 11.9 Å². The first kappa shape index (κ1) is 17.8. The van der Waals surface area contributed by atoms with Crippen molar-refractivity contribution in [3.63, 3.8) is 0 Å². The molecule has 0 bridgehead atoms. The predicted octanol–water partition coefficient (Wildman–Crippen LogP) is 3.36. The Labute approximate surface area is 152 Å². The molecule has 1 amide bonds. The number of carbonyl (C=O) groups excluding carboxylic acids is 1. The summed E-state index contributed by atoms with van der Waals surface area (Å²) in [6.07, 6.45) is 0.160. The van der Waals surface area contributed by atoms with Gasteiger partial charge in [0.1, 0.15) is 5.76 Å². The van der Waals surface area contributed by atoms with Crippen molar-refractivity contribution in [2.45, 2.75) is 39.7 Å². The molecule has 0 radical (unpaired) electrons. The zero-order valence-electron chi connectivity index (χ0n) is 15.4. The van der Waals surface area contributed by atoms with E-state index in [0.717, 1.165) is 5.56 Å². The lowest BCUT2D eigenvalue weighted by Crippen LogP contribution is -2.28. The molecule has 0 saturated carbocycles. The molecule has 1 aromatic carbocycles. The molecule has 0 fully saturated rings. The van der Waals surface area contributed by atoms with Gasteiger partial charge in [-0.1, -0.05) is 37.2 Å². The first-order chi connectivity index (χ1) is 12.4. The molecule has 26 heavy (non-hydrogen) atoms. The zero-order valence-corrected chi connectivity index (χ0v) is 15.4. The number of hydrogen-bond acceptors (Lipinski definition) is 6. The average Bonchev–Trinajstić information content (AvgIpc) is 3.23. The second kappa shape index (κ2) is 7.51. The summed E-state index contributed by atoms with van der Waals surface area (Å²) in [5.74, 6) is 2.30. The van der Waals surface area contributed by atoms with Gasteiger partial charge in [-0.2, -0.15) is 4.98 Å². The number of benzene rings is 1. The third-order valence-electron chi connectivity index (χ3n) is 4.01. The van der Waals surface area contributed by atoms with Crippen molar-refractivity contribution < 1.29 is 13.7 Å². The monoisotopic (exact) mass is 354 g/mol. The maximum atomic E-state index is 12.5. The largest absolute Gasteiger partial charge is 0.441 e. The Morgan fingerprint density at radius 1 is 1.19 bits per heavy atom. The Balaban J connectivity index is 1.66. The van der Waals surface area contributed by atoms with Gasteiger partial charge >= 0.3 is 0 Å². The van der Waals surface area contributed by atoms with E-state index >= 15 is 0 Å². The van der Waals surface area contributed by atoms with E-state index in [2.05, 4.69) is 15.1 Å². The fourth-order valence-electron chi connectivity index (χ4n) is 2.44. The molecular formula is C19H22N4O3. The van der Waals surface area contributed by atoms with E-state index in [4.69, 9.17) is 8.94 Å². The zero-order chi connectivity index (χ0) is 18.7. The molecule has 0 N–H and O–H groups in total. The molecule has 0 aliphatic carbocycles. The van der Waals surface area contributed by atoms with Crippen molar-refractivity contribution >= 4 is 5.91 Å². The number of oxazole rings is 1. The van der Waals surface area contributed by atoms with Gasteiger partial charge < -0.3 is 13.8 Å². The lowest BCUT2D eigenvalue weighted by Gasteiger charge is -2.14. The Morgan fingerprint density at radius 2 is 1.92 bits per heavy atom. The van der Waals surface area contributed by atoms with Crippen LogP contribution in [-0.2, 0) is 17.8 Å². The summed E-state index contributed by atoms with van der Waals surface area (Å²) in [6.45, 7) is 6.06. The van der Waals surface area contributed by atoms with Gasteiger partial charge in [0, 0.05) is 18.5 Å². The summed E-state index contributed by atoms with van der Waals surface area (Å²) in [4.78, 5) is 22.8. The molecule has 2 aromatic heterocycles. The van der Waals surface area contributed by atoms with E-state index in [0.29, 0.717) is 29.1 Å². The van der Waals surface area contributed by atoms with Crippen molar-refractivity contribution in [3.8, 4) is 11.5 Å². The highest BCUT2D eigenvalue weighted by atomic mass is 16.5. The maximum Gasteiger partial charge on any atom is 0.229 e. The third-order valence-corrected chi connectivity index (χ3v) is 4.01. The normalized spacial score (nSPS) is 11.1. The highest BCUT2D eigenvalue weighted by Gasteiger charge is 2.19. The Hall–Kier alpha value is -2.96. The summed E-state index contributed by atoms with van der Waals surface area (Å²) in [5.41, 5.74) is 1.52. The SMILES string of the molecule is Cc1oc(-c2ccccc2)nc1CC(=O)N(C)Cc1noc(C(C)C)n1. The molecule has 0 aliphatic heterocycles. The van der Waals surface area contributed by atoms with Gasteiger partial charge in [0.2, 0.25) is 17.7 Å². The van der Waals surface area contributed by atoms with E-state index in [1.807, 2.05) is 51.1 Å². The van der Waals surface area contributed by atoms with Gasteiger partial charge in [-0.25, -0.2) is 4.98 Å². The fraction of sp³-hybridized carbons (Fsp3) is 0.368. The van der Waals surface area contributed by atoms with Crippen molar-refractivity contribution in [2.24, 2.45) is 0 Å². The predicted molar refractivity (Wildman–Crippen MR) is 95.2 cm³/mol. The number of rotatable bonds is 6. The van der Waals surface area contributed by atoms with Crippen LogP contribution in [0.15, 0.2) is 39.3 Å². The lowest BCUT2D eigenvalue weighted by molar-refractivity contribution is -0.129. The van der Waals surface area contributed by atoms with Gasteiger partial charge in [0.05, 0.1) is 18.7 Å². The number of nitrogens with zero attached hydrogens (tertiary/aromatic N) is 4. The van der Waals surface area contributed by atoms with E-state index in [-0.39, 0.29) is 24.8 Å². The van der Waals surface area contributed by atoms with Crippen LogP contribution < -0.4 is 0 Å². The summed E-state index contributed by atoms with van der Waals surface area (Å²) >= 11 is 0. The van der Waals surface area contributed by atoms with Crippen LogP contribution >= 0.6 is 0 Å². The molecule has 3 aromatic rings. The van der Waals surface area contributed by atoms with Crippen molar-refractivity contribution in [1.82, 2.24) is 20.0 Å². The van der Waals surface area contributed by atoms with Crippen LogP contribution in [0.5, 0.6) is 0 Å². The van der Waals surface area contributed by atoms with E-state index in [1.165, 1.54) is 0 Å². The van der Waals surface area contributed by atoms with Crippen LogP contribution in [0, 0.1) is 6.92 Å². The second-order valence-corrected chi connectivity index (χ2v) is 6.52. The van der Waals surface area contributed by atoms with Crippen molar-refractivity contribution in [3.05, 3.63) is 53.5 Å². The van der Waals surface area contributed by atoms with Crippen LogP contribution in [0.3, 0.4) is 0 Å². The number of aryl methyl sites for hydroxylation is 1. The molecule has 136 valence electrons. The minimum Gasteiger partial charge on any atom is -0.441 e. The molecular weight excluding hydrogens is 332 g/mol. The van der Waals surface area contributed by atoms with E-state index < -0.39 is 0 Å². The summed E-state index contributed by atoms with van der Waals surface area (Å²) in [5, 5.41) is 3.91. The number of hydrogen-bond donors (Lipinski definition) is 0. The van der Waals surface area contributed by atoms with Gasteiger partial charge in [-0.15, -0.1) is 0 Å². The standard InChI is InChI=1S/C19H22N4O3/c1-12(2)18-21-16(22-26-18)11-23(4)17(24)10-15-13(3)25-19(20-15)14-8-6-5-7-9-14/h5-9,12H,10-11H2,1-4H3. The van der Waals surface area contributed by atoms with Crippen molar-refractivity contribution in [1.29, 1.82) is 0 Å². The van der Waals surface area contributed by atoms with Gasteiger partial charge in [0.25, 0.3) is 0 Å². The first-order valence-electron chi connectivity index (χ1n) is 8.52. The number of amides is 1. The van der Waals surface area contributed by atoms with Crippen molar-refractivity contribution in [2.75, 3.05) is 7.05 Å². The minimum atomic E-state index is -0.0862. The summed E-state index contributed by atoms with van der Waals surface area (Å²) < 4.78 is 10.9. The fourth-order valence-corrected chi connectivity index (χ4v) is 2.44. The number of likely N-dealkylation sites (N-methyl/N-ethyl adjacent to an activating group) is 1. The van der Waals surface area contributed by atoms with Crippen LogP contribution in [0.1, 0.15) is 42.9 Å². The van der Waals surface area contributed by atoms with Crippen LogP contribution in [0.25, 0.3) is 11.5 Å². The summed E-state index contributed by atoms with van der Waals surface area (Å²) in [6, 6.07) is 9.62. The van der Waals surface area contributed by atoms with Crippen LogP contribution in [0.2, 0.25) is 0 Å². The molecule has 0 unspecified atom stereocenters. The minimum absolute atomic E-state index is 0.0862. The smallest absolute Gasteiger partial charge is 0.229 e. The van der Waals surface area contributed by atoms with Gasteiger partial charge in [0.15, 0.2) is 5.82 Å². The Kier molecular flexibility index (Phi) is 5.16. The number of carbonyl (C=O) groups is 1. The Bertz CT molecular complexity index is 883. The molecule has 0 spiro atoms. The highest BCUT2D eigenvalue weighted by Crippen LogP contribution is 2.22. The maximum absolute atomic E-state index is 12.5. The van der Waals surface area contributed by atoms with Gasteiger partial charge in [-0.05, 0) is 19.1 Å². The lowest BCUT2D eigenvalue weighted by atomic mass is 10.2. The topological polar surface area (TPSA) is 85.3 Å². The second-order valence-electron chi connectivity index (χ2n) is 6.52. The molecule has 3 rings (SSSR count). The summed E-state index contributed by atoms with van der Waals surface area (Å²) in [7, 11) is 1.71. The average molecular weight is 354 g/mol. The molecule has 0 atom stereocenters. The van der Waals surface area contributed by atoms with E-state index in [9.17, 15) is 4.79 Å². The Morgan fingerprint density at radius 3 is 2.58 bits per heavy atom. The van der Waals surface area contributed by atoms with Gasteiger partial charge in [-0.3, -0.25) is 4.79 Å². The molecule has 0 aliphatic rings. The highest BCUT2D eigenvalue weighted by molar-refractivity contribution is 5.78. The van der Waals surface area contributed by atoms with Crippen LogP contribution in [-0.4, -0.2) is 33.0 Å². The van der Waals surface area contributed by atoms with Crippen LogP contribution in [0.4, 0.5) is 0 Å². The molecule has 7 nitrogen and oxygen atoms in total. The molecule has 0 saturated heterocycles. The molecule has 2 heterocycles. The third kappa shape index (κ3) is 3.99. The first-order valence-corrected chi connectivity index (χ1v) is 8.52.